The summed E-state index contributed by atoms with van der Waals surface area (Å²) in [6.07, 6.45) is 0. The first-order chi connectivity index (χ1) is 8.97. The van der Waals surface area contributed by atoms with Crippen LogP contribution >= 0.6 is 50.9 Å². The zero-order valence-electron chi connectivity index (χ0n) is 9.58. The number of nitrogens with one attached hydrogen (secondary N) is 1. The van der Waals surface area contributed by atoms with Crippen molar-refractivity contribution >= 4 is 56.7 Å². The lowest BCUT2D eigenvalue weighted by atomic mass is 10.2. The minimum Gasteiger partial charge on any atom is -0.384 e. The average Bonchev–Trinajstić information content (AvgIpc) is 2.36. The van der Waals surface area contributed by atoms with Crippen molar-refractivity contribution in [3.8, 4) is 0 Å². The third-order valence-corrected chi connectivity index (χ3v) is 5.08. The normalized spacial score (nSPS) is 10.5. The number of hydrogen-bond acceptors (Lipinski definition) is 2. The van der Waals surface area contributed by atoms with Crippen molar-refractivity contribution in [3.63, 3.8) is 0 Å². The predicted molar refractivity (Wildman–Crippen MR) is 85.7 cm³/mol. The SMILES string of the molecule is N=C(N)c1ccc(Sc2cc(Cl)ccc2Cl)c(Br)c1. The molecule has 0 fully saturated rings. The Labute approximate surface area is 133 Å². The molecule has 0 spiro atoms. The van der Waals surface area contributed by atoms with Gasteiger partial charge in [-0.25, -0.2) is 0 Å². The molecule has 0 aliphatic heterocycles. The molecule has 3 N–H and O–H groups in total. The van der Waals surface area contributed by atoms with Gasteiger partial charge in [-0.05, 0) is 46.3 Å². The number of benzene rings is 2. The van der Waals surface area contributed by atoms with Gasteiger partial charge in [-0.1, -0.05) is 41.0 Å². The number of hydrogen-bond donors (Lipinski definition) is 2. The van der Waals surface area contributed by atoms with Crippen LogP contribution in [0.4, 0.5) is 0 Å². The van der Waals surface area contributed by atoms with Crippen molar-refractivity contribution in [2.45, 2.75) is 9.79 Å². The van der Waals surface area contributed by atoms with Gasteiger partial charge in [0.15, 0.2) is 0 Å². The highest BCUT2D eigenvalue weighted by atomic mass is 79.9. The van der Waals surface area contributed by atoms with Crippen LogP contribution in [0.15, 0.2) is 50.7 Å². The van der Waals surface area contributed by atoms with Crippen molar-refractivity contribution in [1.29, 1.82) is 5.41 Å². The lowest BCUT2D eigenvalue weighted by Crippen LogP contribution is -2.10. The Morgan fingerprint density at radius 1 is 1.11 bits per heavy atom. The van der Waals surface area contributed by atoms with Crippen LogP contribution in [0.25, 0.3) is 0 Å². The van der Waals surface area contributed by atoms with Crippen molar-refractivity contribution < 1.29 is 0 Å². The van der Waals surface area contributed by atoms with E-state index in [2.05, 4.69) is 15.9 Å². The summed E-state index contributed by atoms with van der Waals surface area (Å²) in [5.41, 5.74) is 6.12. The fraction of sp³-hybridized carbons (Fsp3) is 0. The van der Waals surface area contributed by atoms with Gasteiger partial charge in [0.05, 0.1) is 5.02 Å². The summed E-state index contributed by atoms with van der Waals surface area (Å²) in [5.74, 6) is 0.0398. The Bertz CT molecular complexity index is 647. The van der Waals surface area contributed by atoms with Crippen LogP contribution in [-0.2, 0) is 0 Å². The van der Waals surface area contributed by atoms with Gasteiger partial charge in [-0.2, -0.15) is 0 Å². The van der Waals surface area contributed by atoms with Gasteiger partial charge in [0.2, 0.25) is 0 Å². The molecule has 0 radical (unpaired) electrons. The summed E-state index contributed by atoms with van der Waals surface area (Å²) >= 11 is 17.1. The summed E-state index contributed by atoms with van der Waals surface area (Å²) in [4.78, 5) is 1.86. The highest BCUT2D eigenvalue weighted by molar-refractivity contribution is 9.10. The van der Waals surface area contributed by atoms with Gasteiger partial charge in [-0.3, -0.25) is 5.41 Å². The Kier molecular flexibility index (Phi) is 4.79. The monoisotopic (exact) mass is 374 g/mol. The Morgan fingerprint density at radius 2 is 1.84 bits per heavy atom. The Morgan fingerprint density at radius 3 is 2.47 bits per heavy atom. The fourth-order valence-electron chi connectivity index (χ4n) is 1.43. The molecule has 0 amide bonds. The van der Waals surface area contributed by atoms with Gasteiger partial charge >= 0.3 is 0 Å². The molecule has 0 aromatic heterocycles. The molecular weight excluding hydrogens is 367 g/mol. The van der Waals surface area contributed by atoms with Crippen molar-refractivity contribution in [2.75, 3.05) is 0 Å². The maximum atomic E-state index is 7.40. The van der Waals surface area contributed by atoms with Crippen LogP contribution in [0.3, 0.4) is 0 Å². The summed E-state index contributed by atoms with van der Waals surface area (Å²) in [6, 6.07) is 10.8. The smallest absolute Gasteiger partial charge is 0.122 e. The Balaban J connectivity index is 2.33. The van der Waals surface area contributed by atoms with Gasteiger partial charge in [0, 0.05) is 24.8 Å². The summed E-state index contributed by atoms with van der Waals surface area (Å²) in [5, 5.41) is 8.69. The number of rotatable bonds is 3. The molecule has 2 nitrogen and oxygen atoms in total. The van der Waals surface area contributed by atoms with Crippen LogP contribution in [0.1, 0.15) is 5.56 Å². The van der Waals surface area contributed by atoms with E-state index >= 15 is 0 Å². The van der Waals surface area contributed by atoms with E-state index in [1.54, 1.807) is 18.2 Å². The van der Waals surface area contributed by atoms with E-state index < -0.39 is 0 Å². The molecule has 6 heteroatoms. The van der Waals surface area contributed by atoms with E-state index in [-0.39, 0.29) is 5.84 Å². The molecule has 0 aliphatic carbocycles. The lowest BCUT2D eigenvalue weighted by Gasteiger charge is -2.08. The van der Waals surface area contributed by atoms with Crippen LogP contribution in [-0.4, -0.2) is 5.84 Å². The number of nitrogens with two attached hydrogens (primary N) is 1. The number of halogens is 3. The quantitative estimate of drug-likeness (QED) is 0.572. The molecule has 98 valence electrons. The largest absolute Gasteiger partial charge is 0.384 e. The molecule has 0 heterocycles. The maximum Gasteiger partial charge on any atom is 0.122 e. The van der Waals surface area contributed by atoms with E-state index in [1.165, 1.54) is 11.8 Å². The molecule has 2 aromatic carbocycles. The standard InChI is InChI=1S/C13H9BrCl2N2S/c14-9-5-7(13(17)18)1-4-11(9)19-12-6-8(15)2-3-10(12)16/h1-6H,(H3,17,18). The highest BCUT2D eigenvalue weighted by Crippen LogP contribution is 2.38. The van der Waals surface area contributed by atoms with Crippen LogP contribution < -0.4 is 5.73 Å². The lowest BCUT2D eigenvalue weighted by molar-refractivity contribution is 1.34. The van der Waals surface area contributed by atoms with Crippen LogP contribution in [0, 0.1) is 5.41 Å². The molecule has 19 heavy (non-hydrogen) atoms. The van der Waals surface area contributed by atoms with E-state index in [0.29, 0.717) is 15.6 Å². The first-order valence-corrected chi connectivity index (χ1v) is 7.61. The minimum atomic E-state index is 0.0398. The molecule has 2 aromatic rings. The summed E-state index contributed by atoms with van der Waals surface area (Å²) in [6.45, 7) is 0. The molecule has 0 bridgehead atoms. The van der Waals surface area contributed by atoms with E-state index in [0.717, 1.165) is 14.3 Å². The summed E-state index contributed by atoms with van der Waals surface area (Å²) < 4.78 is 0.862. The molecule has 0 atom stereocenters. The first-order valence-electron chi connectivity index (χ1n) is 5.24. The molecular formula is C13H9BrCl2N2S. The molecule has 0 aliphatic rings. The average molecular weight is 376 g/mol. The molecule has 0 saturated heterocycles. The van der Waals surface area contributed by atoms with Crippen molar-refractivity contribution in [1.82, 2.24) is 0 Å². The van der Waals surface area contributed by atoms with Gasteiger partial charge in [-0.15, -0.1) is 0 Å². The van der Waals surface area contributed by atoms with Gasteiger partial charge < -0.3 is 5.73 Å². The van der Waals surface area contributed by atoms with Crippen molar-refractivity contribution in [3.05, 3.63) is 56.5 Å². The zero-order chi connectivity index (χ0) is 14.0. The first kappa shape index (κ1) is 14.7. The number of nitrogen functional groups attached to an aromatic ring is 1. The van der Waals surface area contributed by atoms with Crippen molar-refractivity contribution in [2.24, 2.45) is 5.73 Å². The van der Waals surface area contributed by atoms with E-state index in [1.807, 2.05) is 18.2 Å². The van der Waals surface area contributed by atoms with Crippen LogP contribution in [0.2, 0.25) is 10.0 Å². The van der Waals surface area contributed by atoms with Gasteiger partial charge in [0.25, 0.3) is 0 Å². The summed E-state index contributed by atoms with van der Waals surface area (Å²) in [7, 11) is 0. The molecule has 2 rings (SSSR count). The number of amidine groups is 1. The highest BCUT2D eigenvalue weighted by Gasteiger charge is 2.08. The van der Waals surface area contributed by atoms with E-state index in [9.17, 15) is 0 Å². The van der Waals surface area contributed by atoms with E-state index in [4.69, 9.17) is 34.3 Å². The molecule has 0 saturated carbocycles. The zero-order valence-corrected chi connectivity index (χ0v) is 13.5. The topological polar surface area (TPSA) is 49.9 Å². The second kappa shape index (κ2) is 6.18. The predicted octanol–water partition coefficient (Wildman–Crippen LogP) is 5.19. The third-order valence-electron chi connectivity index (χ3n) is 2.36. The second-order valence-corrected chi connectivity index (χ2v) is 6.52. The second-order valence-electron chi connectivity index (χ2n) is 3.74. The maximum absolute atomic E-state index is 7.40. The minimum absolute atomic E-state index is 0.0398. The molecule has 0 unspecified atom stereocenters. The van der Waals surface area contributed by atoms with Gasteiger partial charge in [0.1, 0.15) is 5.84 Å². The fourth-order valence-corrected chi connectivity index (χ4v) is 3.40. The Hall–Kier alpha value is -0.680. The van der Waals surface area contributed by atoms with Crippen LogP contribution in [0.5, 0.6) is 0 Å². The third kappa shape index (κ3) is 3.66.